The fourth-order valence-electron chi connectivity index (χ4n) is 2.32. The van der Waals surface area contributed by atoms with Gasteiger partial charge in [0.05, 0.1) is 12.0 Å². The summed E-state index contributed by atoms with van der Waals surface area (Å²) in [4.78, 5) is 12.2. The van der Waals surface area contributed by atoms with Crippen LogP contribution in [-0.4, -0.2) is 18.6 Å². The Balaban J connectivity index is 2.09. The van der Waals surface area contributed by atoms with Crippen LogP contribution in [0.25, 0.3) is 0 Å². The van der Waals surface area contributed by atoms with E-state index < -0.39 is 0 Å². The number of halogens is 1. The first kappa shape index (κ1) is 13.6. The second-order valence-electron chi connectivity index (χ2n) is 4.61. The molecule has 1 heterocycles. The van der Waals surface area contributed by atoms with Crippen LogP contribution in [0.3, 0.4) is 0 Å². The van der Waals surface area contributed by atoms with E-state index in [0.29, 0.717) is 6.61 Å². The predicted octanol–water partition coefficient (Wildman–Crippen LogP) is 3.51. The summed E-state index contributed by atoms with van der Waals surface area (Å²) in [6.45, 7) is 4.73. The number of carbonyl (C=O) groups excluding carboxylic acids is 1. The molecule has 1 amide bonds. The molecule has 0 spiro atoms. The van der Waals surface area contributed by atoms with Crippen molar-refractivity contribution < 1.29 is 9.53 Å². The molecule has 0 saturated carbocycles. The van der Waals surface area contributed by atoms with E-state index in [-0.39, 0.29) is 17.9 Å². The summed E-state index contributed by atoms with van der Waals surface area (Å²) in [5.41, 5.74) is 1.92. The number of anilines is 1. The Bertz CT molecular complexity index is 447. The van der Waals surface area contributed by atoms with Gasteiger partial charge >= 0.3 is 0 Å². The van der Waals surface area contributed by atoms with Gasteiger partial charge in [-0.15, -0.1) is 0 Å². The second kappa shape index (κ2) is 5.85. The van der Waals surface area contributed by atoms with E-state index in [1.807, 2.05) is 25.1 Å². The van der Waals surface area contributed by atoms with E-state index in [2.05, 4.69) is 28.2 Å². The lowest BCUT2D eigenvalue weighted by atomic mass is 9.98. The lowest BCUT2D eigenvalue weighted by Gasteiger charge is -2.17. The summed E-state index contributed by atoms with van der Waals surface area (Å²) in [5, 5.41) is 3.01. The highest BCUT2D eigenvalue weighted by atomic mass is 79.9. The van der Waals surface area contributed by atoms with Crippen molar-refractivity contribution in [3.63, 3.8) is 0 Å². The van der Waals surface area contributed by atoms with Crippen molar-refractivity contribution >= 4 is 27.5 Å². The third-order valence-corrected chi connectivity index (χ3v) is 4.33. The average Bonchev–Trinajstić information content (AvgIpc) is 2.83. The maximum atomic E-state index is 12.2. The molecule has 2 atom stereocenters. The molecule has 18 heavy (non-hydrogen) atoms. The van der Waals surface area contributed by atoms with Gasteiger partial charge in [-0.3, -0.25) is 4.79 Å². The van der Waals surface area contributed by atoms with Crippen LogP contribution in [-0.2, 0) is 9.53 Å². The number of ether oxygens (including phenoxy) is 1. The summed E-state index contributed by atoms with van der Waals surface area (Å²) in [7, 11) is 0. The molecule has 1 aromatic rings. The van der Waals surface area contributed by atoms with Gasteiger partial charge in [0.2, 0.25) is 5.91 Å². The standard InChI is InChI=1S/C14H18BrNO2/c1-3-13-10(7-8-18-13)14(17)16-12-6-4-5-11(15)9(12)2/h4-6,10,13H,3,7-8H2,1-2H3,(H,16,17). The Kier molecular flexibility index (Phi) is 4.40. The summed E-state index contributed by atoms with van der Waals surface area (Å²) >= 11 is 3.47. The van der Waals surface area contributed by atoms with Gasteiger partial charge in [0.15, 0.2) is 0 Å². The molecule has 1 N–H and O–H groups in total. The van der Waals surface area contributed by atoms with Crippen molar-refractivity contribution in [1.82, 2.24) is 0 Å². The molecule has 1 aromatic carbocycles. The van der Waals surface area contributed by atoms with E-state index in [4.69, 9.17) is 4.74 Å². The van der Waals surface area contributed by atoms with Gasteiger partial charge < -0.3 is 10.1 Å². The number of benzene rings is 1. The fraction of sp³-hybridized carbons (Fsp3) is 0.500. The smallest absolute Gasteiger partial charge is 0.230 e. The molecule has 1 aliphatic rings. The molecule has 0 aromatic heterocycles. The van der Waals surface area contributed by atoms with E-state index in [1.165, 1.54) is 0 Å². The number of nitrogens with one attached hydrogen (secondary N) is 1. The van der Waals surface area contributed by atoms with E-state index in [0.717, 1.165) is 28.6 Å². The molecule has 3 nitrogen and oxygen atoms in total. The average molecular weight is 312 g/mol. The summed E-state index contributed by atoms with van der Waals surface area (Å²) in [6, 6.07) is 5.82. The van der Waals surface area contributed by atoms with E-state index >= 15 is 0 Å². The van der Waals surface area contributed by atoms with Crippen LogP contribution in [0.4, 0.5) is 5.69 Å². The van der Waals surface area contributed by atoms with Gasteiger partial charge in [0.1, 0.15) is 0 Å². The van der Waals surface area contributed by atoms with Crippen molar-refractivity contribution in [3.8, 4) is 0 Å². The highest BCUT2D eigenvalue weighted by Gasteiger charge is 2.32. The Morgan fingerprint density at radius 2 is 2.33 bits per heavy atom. The number of hydrogen-bond donors (Lipinski definition) is 1. The SMILES string of the molecule is CCC1OCCC1C(=O)Nc1cccc(Br)c1C. The normalized spacial score (nSPS) is 23.1. The Morgan fingerprint density at radius 1 is 1.56 bits per heavy atom. The zero-order valence-corrected chi connectivity index (χ0v) is 12.3. The maximum Gasteiger partial charge on any atom is 0.230 e. The van der Waals surface area contributed by atoms with Gasteiger partial charge in [-0.05, 0) is 37.5 Å². The van der Waals surface area contributed by atoms with Gasteiger partial charge in [-0.25, -0.2) is 0 Å². The Hall–Kier alpha value is -0.870. The first-order chi connectivity index (χ1) is 8.63. The van der Waals surface area contributed by atoms with Gasteiger partial charge in [-0.1, -0.05) is 28.9 Å². The fourth-order valence-corrected chi connectivity index (χ4v) is 2.69. The molecule has 2 rings (SSSR count). The molecule has 1 saturated heterocycles. The Labute approximate surface area is 116 Å². The number of amides is 1. The van der Waals surface area contributed by atoms with Gasteiger partial charge in [0.25, 0.3) is 0 Å². The number of rotatable bonds is 3. The molecule has 4 heteroatoms. The quantitative estimate of drug-likeness (QED) is 0.927. The molecular weight excluding hydrogens is 294 g/mol. The zero-order valence-electron chi connectivity index (χ0n) is 10.7. The van der Waals surface area contributed by atoms with Crippen LogP contribution < -0.4 is 5.32 Å². The first-order valence-electron chi connectivity index (χ1n) is 6.31. The summed E-state index contributed by atoms with van der Waals surface area (Å²) in [6.07, 6.45) is 1.77. The minimum Gasteiger partial charge on any atom is -0.377 e. The lowest BCUT2D eigenvalue weighted by molar-refractivity contribution is -0.121. The second-order valence-corrected chi connectivity index (χ2v) is 5.47. The molecule has 98 valence electrons. The van der Waals surface area contributed by atoms with Crippen molar-refractivity contribution in [2.45, 2.75) is 32.8 Å². The molecule has 0 radical (unpaired) electrons. The molecule has 2 unspecified atom stereocenters. The largest absolute Gasteiger partial charge is 0.377 e. The maximum absolute atomic E-state index is 12.2. The van der Waals surface area contributed by atoms with Crippen molar-refractivity contribution in [3.05, 3.63) is 28.2 Å². The van der Waals surface area contributed by atoms with Crippen molar-refractivity contribution in [1.29, 1.82) is 0 Å². The first-order valence-corrected chi connectivity index (χ1v) is 7.10. The monoisotopic (exact) mass is 311 g/mol. The van der Waals surface area contributed by atoms with Crippen LogP contribution in [0.2, 0.25) is 0 Å². The van der Waals surface area contributed by atoms with Crippen LogP contribution in [0.15, 0.2) is 22.7 Å². The van der Waals surface area contributed by atoms with Crippen LogP contribution >= 0.6 is 15.9 Å². The minimum atomic E-state index is -0.0200. The van der Waals surface area contributed by atoms with E-state index in [9.17, 15) is 4.79 Å². The lowest BCUT2D eigenvalue weighted by Crippen LogP contribution is -2.29. The third kappa shape index (κ3) is 2.75. The molecular formula is C14H18BrNO2. The molecule has 1 aliphatic heterocycles. The number of carbonyl (C=O) groups is 1. The zero-order chi connectivity index (χ0) is 13.1. The molecule has 1 fully saturated rings. The van der Waals surface area contributed by atoms with Crippen LogP contribution in [0.1, 0.15) is 25.3 Å². The minimum absolute atomic E-state index is 0.0200. The summed E-state index contributed by atoms with van der Waals surface area (Å²) in [5.74, 6) is 0.0499. The van der Waals surface area contributed by atoms with Crippen molar-refractivity contribution in [2.75, 3.05) is 11.9 Å². The van der Waals surface area contributed by atoms with Gasteiger partial charge in [-0.2, -0.15) is 0 Å². The van der Waals surface area contributed by atoms with Crippen LogP contribution in [0.5, 0.6) is 0 Å². The Morgan fingerprint density at radius 3 is 3.06 bits per heavy atom. The summed E-state index contributed by atoms with van der Waals surface area (Å²) < 4.78 is 6.57. The third-order valence-electron chi connectivity index (χ3n) is 3.47. The molecule has 0 bridgehead atoms. The highest BCUT2D eigenvalue weighted by Crippen LogP contribution is 2.27. The van der Waals surface area contributed by atoms with Crippen molar-refractivity contribution in [2.24, 2.45) is 5.92 Å². The molecule has 0 aliphatic carbocycles. The highest BCUT2D eigenvalue weighted by molar-refractivity contribution is 9.10. The predicted molar refractivity (Wildman–Crippen MR) is 75.6 cm³/mol. The number of hydrogen-bond acceptors (Lipinski definition) is 2. The van der Waals surface area contributed by atoms with Crippen LogP contribution in [0, 0.1) is 12.8 Å². The van der Waals surface area contributed by atoms with E-state index in [1.54, 1.807) is 0 Å². The topological polar surface area (TPSA) is 38.3 Å². The van der Waals surface area contributed by atoms with Gasteiger partial charge in [0, 0.05) is 16.8 Å².